The van der Waals surface area contributed by atoms with Crippen molar-refractivity contribution in [2.24, 2.45) is 0 Å². The minimum absolute atomic E-state index is 0.0143. The van der Waals surface area contributed by atoms with E-state index >= 15 is 0 Å². The number of amides is 1. The summed E-state index contributed by atoms with van der Waals surface area (Å²) in [6, 6.07) is 7.86. The van der Waals surface area contributed by atoms with E-state index in [1.807, 2.05) is 16.5 Å². The minimum atomic E-state index is -0.429. The summed E-state index contributed by atoms with van der Waals surface area (Å²) in [5.41, 5.74) is 9.81. The lowest BCUT2D eigenvalue weighted by atomic mass is 9.97. The number of ether oxygens (including phenoxy) is 2. The Labute approximate surface area is 212 Å². The molecular weight excluding hydrogens is 462 g/mol. The quantitative estimate of drug-likeness (QED) is 0.599. The largest absolute Gasteiger partial charge is 0.488 e. The second kappa shape index (κ2) is 13.8. The number of Topliss-reactive ketones (excluding diaryl/α,β-unsaturated/α-hetero) is 1. The predicted octanol–water partition coefficient (Wildman–Crippen LogP) is 5.05. The van der Waals surface area contributed by atoms with Gasteiger partial charge in [0.15, 0.2) is 0 Å². The molecule has 0 fully saturated rings. The molecule has 0 bridgehead atoms. The molecule has 0 aliphatic carbocycles. The zero-order chi connectivity index (χ0) is 26.0. The highest BCUT2D eigenvalue weighted by Gasteiger charge is 2.40. The van der Waals surface area contributed by atoms with Crippen LogP contribution in [0.15, 0.2) is 46.2 Å². The van der Waals surface area contributed by atoms with E-state index in [0.717, 1.165) is 40.3 Å². The van der Waals surface area contributed by atoms with Gasteiger partial charge >= 0.3 is 0 Å². The van der Waals surface area contributed by atoms with Gasteiger partial charge in [-0.25, -0.2) is 5.43 Å². The number of carbonyl (C=O) groups excluding carboxylic acids is 2. The third-order valence-corrected chi connectivity index (χ3v) is 5.48. The van der Waals surface area contributed by atoms with Gasteiger partial charge in [-0.05, 0) is 63.3 Å². The molecule has 35 heavy (non-hydrogen) atoms. The molecule has 1 aromatic heterocycles. The van der Waals surface area contributed by atoms with Crippen molar-refractivity contribution < 1.29 is 19.1 Å². The number of hydrogen-bond acceptors (Lipinski definition) is 7. The fraction of sp³-hybridized carbons (Fsp3) is 0.407. The molecule has 4 rings (SSSR count). The maximum atomic E-state index is 12.8. The van der Waals surface area contributed by atoms with Crippen molar-refractivity contribution in [2.45, 2.75) is 47.1 Å². The van der Waals surface area contributed by atoms with E-state index in [0.29, 0.717) is 13.2 Å². The van der Waals surface area contributed by atoms with Crippen molar-refractivity contribution in [3.8, 4) is 5.75 Å². The topological polar surface area (TPSA) is 79.9 Å². The monoisotopic (exact) mass is 499 g/mol. The molecule has 1 atom stereocenters. The van der Waals surface area contributed by atoms with Crippen LogP contribution in [-0.2, 0) is 14.3 Å². The van der Waals surface area contributed by atoms with Gasteiger partial charge in [-0.1, -0.05) is 24.6 Å². The fourth-order valence-electron chi connectivity index (χ4n) is 3.59. The number of methoxy groups -OCH3 is 1. The van der Waals surface area contributed by atoms with Crippen LogP contribution >= 0.6 is 11.3 Å². The molecule has 2 N–H and O–H groups in total. The number of hydrazine groups is 1. The molecule has 0 saturated carbocycles. The number of benzene rings is 1. The Morgan fingerprint density at radius 2 is 1.91 bits per heavy atom. The third-order valence-electron chi connectivity index (χ3n) is 4.81. The molecule has 3 heterocycles. The number of fused-ring (bicyclic) bond motifs is 2. The van der Waals surface area contributed by atoms with E-state index in [2.05, 4.69) is 65.9 Å². The van der Waals surface area contributed by atoms with Crippen molar-refractivity contribution >= 4 is 40.5 Å². The molecule has 8 heteroatoms. The molecule has 1 aromatic carbocycles. The Morgan fingerprint density at radius 1 is 1.23 bits per heavy atom. The number of carbonyl (C=O) groups is 2. The SMILES string of the molecule is CC(C)=O.CCCNC(=O)C1NN(c2ccsc2)C2=C1COc1ccc(C=C(C)C)cc12.COC. The summed E-state index contributed by atoms with van der Waals surface area (Å²) in [5, 5.41) is 9.17. The lowest BCUT2D eigenvalue weighted by molar-refractivity contribution is -0.122. The zero-order valence-corrected chi connectivity index (χ0v) is 22.5. The van der Waals surface area contributed by atoms with Gasteiger partial charge < -0.3 is 19.6 Å². The standard InChI is InChI=1S/C22H25N3O2S.C3H6O.C2H6O/c1-4-8-23-22(26)20-18-12-27-19-6-5-15(10-14(2)3)11-17(19)21(18)25(24-20)16-7-9-28-13-16;1-3(2)4;1-3-2/h5-7,9-11,13,20,24H,4,8,12H2,1-3H3,(H,23,26);1-2H3;1-2H3. The van der Waals surface area contributed by atoms with Crippen LogP contribution in [0.3, 0.4) is 0 Å². The number of allylic oxidation sites excluding steroid dienone is 1. The van der Waals surface area contributed by atoms with Gasteiger partial charge in [0.2, 0.25) is 5.91 Å². The molecule has 0 spiro atoms. The first kappa shape index (κ1) is 28.3. The highest BCUT2D eigenvalue weighted by molar-refractivity contribution is 7.08. The number of nitrogens with one attached hydrogen (secondary N) is 2. The predicted molar refractivity (Wildman–Crippen MR) is 144 cm³/mol. The smallest absolute Gasteiger partial charge is 0.243 e. The van der Waals surface area contributed by atoms with Crippen molar-refractivity contribution in [2.75, 3.05) is 32.4 Å². The Kier molecular flexibility index (Phi) is 11.2. The van der Waals surface area contributed by atoms with Gasteiger partial charge in [-0.2, -0.15) is 11.3 Å². The highest BCUT2D eigenvalue weighted by Crippen LogP contribution is 2.42. The number of rotatable bonds is 5. The first-order valence-corrected chi connectivity index (χ1v) is 12.6. The summed E-state index contributed by atoms with van der Waals surface area (Å²) in [6.07, 6.45) is 3.06. The maximum Gasteiger partial charge on any atom is 0.243 e. The fourth-order valence-corrected chi connectivity index (χ4v) is 4.21. The van der Waals surface area contributed by atoms with Crippen LogP contribution in [-0.4, -0.2) is 45.1 Å². The molecule has 1 amide bonds. The molecule has 0 saturated heterocycles. The van der Waals surface area contributed by atoms with E-state index < -0.39 is 6.04 Å². The van der Waals surface area contributed by atoms with E-state index in [-0.39, 0.29) is 11.7 Å². The van der Waals surface area contributed by atoms with Gasteiger partial charge in [0, 0.05) is 37.3 Å². The summed E-state index contributed by atoms with van der Waals surface area (Å²) in [6.45, 7) is 10.4. The first-order valence-electron chi connectivity index (χ1n) is 11.6. The zero-order valence-electron chi connectivity index (χ0n) is 21.7. The Morgan fingerprint density at radius 3 is 2.49 bits per heavy atom. The lowest BCUT2D eigenvalue weighted by Crippen LogP contribution is -2.47. The van der Waals surface area contributed by atoms with Crippen molar-refractivity contribution in [3.05, 3.63) is 57.3 Å². The van der Waals surface area contributed by atoms with Crippen molar-refractivity contribution in [1.29, 1.82) is 0 Å². The molecule has 2 aromatic rings. The van der Waals surface area contributed by atoms with Gasteiger partial charge in [0.25, 0.3) is 0 Å². The highest BCUT2D eigenvalue weighted by atomic mass is 32.1. The average molecular weight is 500 g/mol. The molecule has 0 radical (unpaired) electrons. The second-order valence-corrected chi connectivity index (χ2v) is 9.41. The Bertz CT molecular complexity index is 1050. The number of nitrogens with zero attached hydrogens (tertiary/aromatic N) is 1. The van der Waals surface area contributed by atoms with Gasteiger partial charge in [0.1, 0.15) is 24.2 Å². The first-order chi connectivity index (χ1) is 16.7. The number of thiophene rings is 1. The second-order valence-electron chi connectivity index (χ2n) is 8.63. The number of ketones is 1. The molecular formula is C27H37N3O4S. The third kappa shape index (κ3) is 7.78. The molecule has 7 nitrogen and oxygen atoms in total. The average Bonchev–Trinajstić information content (AvgIpc) is 3.45. The van der Waals surface area contributed by atoms with Crippen LogP contribution in [0.1, 0.15) is 52.2 Å². The normalized spacial score (nSPS) is 15.4. The van der Waals surface area contributed by atoms with E-state index in [4.69, 9.17) is 4.74 Å². The van der Waals surface area contributed by atoms with Crippen LogP contribution in [0, 0.1) is 0 Å². The minimum Gasteiger partial charge on any atom is -0.488 e. The summed E-state index contributed by atoms with van der Waals surface area (Å²) in [5.74, 6) is 1.00. The summed E-state index contributed by atoms with van der Waals surface area (Å²) >= 11 is 1.64. The van der Waals surface area contributed by atoms with Crippen LogP contribution in [0.25, 0.3) is 11.8 Å². The Balaban J connectivity index is 0.000000551. The van der Waals surface area contributed by atoms with Crippen molar-refractivity contribution in [3.63, 3.8) is 0 Å². The number of anilines is 1. The number of hydrogen-bond donors (Lipinski definition) is 2. The maximum absolute atomic E-state index is 12.8. The van der Waals surface area contributed by atoms with Crippen LogP contribution in [0.2, 0.25) is 0 Å². The molecule has 190 valence electrons. The van der Waals surface area contributed by atoms with E-state index in [9.17, 15) is 9.59 Å². The molecule has 1 unspecified atom stereocenters. The van der Waals surface area contributed by atoms with Crippen LogP contribution in [0.4, 0.5) is 5.69 Å². The van der Waals surface area contributed by atoms with Crippen LogP contribution in [0.5, 0.6) is 5.75 Å². The Hall–Kier alpha value is -2.94. The summed E-state index contributed by atoms with van der Waals surface area (Å²) in [7, 11) is 3.25. The van der Waals surface area contributed by atoms with E-state index in [1.54, 1.807) is 25.6 Å². The molecule has 2 aliphatic rings. The van der Waals surface area contributed by atoms with Gasteiger partial charge in [0.05, 0.1) is 11.4 Å². The van der Waals surface area contributed by atoms with E-state index in [1.165, 1.54) is 19.4 Å². The lowest BCUT2D eigenvalue weighted by Gasteiger charge is -2.25. The summed E-state index contributed by atoms with van der Waals surface area (Å²) < 4.78 is 10.3. The van der Waals surface area contributed by atoms with Gasteiger partial charge in [-0.3, -0.25) is 9.80 Å². The summed E-state index contributed by atoms with van der Waals surface area (Å²) in [4.78, 5) is 22.2. The van der Waals surface area contributed by atoms with Gasteiger partial charge in [-0.15, -0.1) is 0 Å². The molecule has 2 aliphatic heterocycles. The van der Waals surface area contributed by atoms with Crippen LogP contribution < -0.4 is 20.5 Å². The van der Waals surface area contributed by atoms with Crippen molar-refractivity contribution in [1.82, 2.24) is 10.7 Å².